The zero-order valence-corrected chi connectivity index (χ0v) is 10.6. The van der Waals surface area contributed by atoms with Gasteiger partial charge in [-0.05, 0) is 18.1 Å². The molecule has 19 heavy (non-hydrogen) atoms. The Labute approximate surface area is 109 Å². The first-order valence-corrected chi connectivity index (χ1v) is 6.39. The first kappa shape index (κ1) is 10.6. The number of rotatable bonds is 0. The maximum absolute atomic E-state index is 11.5. The second kappa shape index (κ2) is 3.57. The van der Waals surface area contributed by atoms with Gasteiger partial charge in [0.05, 0.1) is 17.7 Å². The van der Waals surface area contributed by atoms with Crippen molar-refractivity contribution in [2.24, 2.45) is 7.05 Å². The fourth-order valence-electron chi connectivity index (χ4n) is 3.09. The quantitative estimate of drug-likeness (QED) is 0.612. The summed E-state index contributed by atoms with van der Waals surface area (Å²) in [6, 6.07) is 10.0. The number of aromatic nitrogens is 3. The van der Waals surface area contributed by atoms with Gasteiger partial charge >= 0.3 is 0 Å². The molecule has 0 unspecified atom stereocenters. The molecule has 0 amide bonds. The van der Waals surface area contributed by atoms with Crippen LogP contribution in [0.4, 0.5) is 0 Å². The smallest absolute Gasteiger partial charge is 0.273 e. The Balaban J connectivity index is 2.17. The lowest BCUT2D eigenvalue weighted by atomic mass is 10.0. The maximum atomic E-state index is 11.5. The van der Waals surface area contributed by atoms with Gasteiger partial charge < -0.3 is 9.13 Å². The fourth-order valence-corrected chi connectivity index (χ4v) is 3.09. The Morgan fingerprint density at radius 1 is 1.26 bits per heavy atom. The van der Waals surface area contributed by atoms with Crippen LogP contribution in [0.25, 0.3) is 22.3 Å². The molecular weight excluding hydrogens is 238 g/mol. The van der Waals surface area contributed by atoms with E-state index in [1.54, 1.807) is 12.4 Å². The second-order valence-electron chi connectivity index (χ2n) is 4.96. The van der Waals surface area contributed by atoms with Crippen molar-refractivity contribution in [2.75, 3.05) is 0 Å². The minimum absolute atomic E-state index is 0.177. The molecule has 0 fully saturated rings. The van der Waals surface area contributed by atoms with E-state index in [0.29, 0.717) is 0 Å². The third kappa shape index (κ3) is 1.34. The minimum atomic E-state index is -0.177. The molecule has 0 saturated carbocycles. The Kier molecular flexibility index (Phi) is 1.98. The second-order valence-corrected chi connectivity index (χ2v) is 4.96. The van der Waals surface area contributed by atoms with Crippen LogP contribution in [0.5, 0.6) is 0 Å². The van der Waals surface area contributed by atoms with Crippen molar-refractivity contribution >= 4 is 10.9 Å². The molecule has 0 saturated heterocycles. The van der Waals surface area contributed by atoms with Gasteiger partial charge in [-0.2, -0.15) is 4.98 Å². The van der Waals surface area contributed by atoms with Gasteiger partial charge in [0.15, 0.2) is 0 Å². The lowest BCUT2D eigenvalue weighted by Gasteiger charge is -2.20. The summed E-state index contributed by atoms with van der Waals surface area (Å²) in [5.74, 6) is 0. The van der Waals surface area contributed by atoms with Crippen LogP contribution in [0.15, 0.2) is 41.5 Å². The lowest BCUT2D eigenvalue weighted by molar-refractivity contribution is 0.657. The SMILES string of the molecule is Cn1c2c(c3ccccc31)CCn1cnc(=O)cc1-2. The molecule has 3 heterocycles. The molecule has 1 aliphatic rings. The maximum Gasteiger partial charge on any atom is 0.273 e. The van der Waals surface area contributed by atoms with Gasteiger partial charge in [-0.25, -0.2) is 0 Å². The molecule has 94 valence electrons. The molecule has 0 N–H and O–H groups in total. The minimum Gasteiger partial charge on any atom is -0.342 e. The van der Waals surface area contributed by atoms with E-state index < -0.39 is 0 Å². The third-order valence-corrected chi connectivity index (χ3v) is 3.95. The van der Waals surface area contributed by atoms with E-state index in [4.69, 9.17) is 0 Å². The molecule has 0 radical (unpaired) electrons. The Morgan fingerprint density at radius 2 is 2.11 bits per heavy atom. The van der Waals surface area contributed by atoms with Gasteiger partial charge in [0.1, 0.15) is 0 Å². The predicted octanol–water partition coefficient (Wildman–Crippen LogP) is 1.96. The molecule has 0 spiro atoms. The number of benzene rings is 1. The summed E-state index contributed by atoms with van der Waals surface area (Å²) in [6.45, 7) is 0.879. The number of hydrogen-bond donors (Lipinski definition) is 0. The van der Waals surface area contributed by atoms with Crippen LogP contribution < -0.4 is 5.56 Å². The van der Waals surface area contributed by atoms with Crippen LogP contribution in [-0.2, 0) is 20.0 Å². The molecule has 4 heteroatoms. The van der Waals surface area contributed by atoms with E-state index in [9.17, 15) is 4.79 Å². The van der Waals surface area contributed by atoms with Crippen LogP contribution in [0.1, 0.15) is 5.56 Å². The standard InChI is InChI=1S/C15H13N3O/c1-17-12-5-3-2-4-10(12)11-6-7-18-9-16-14(19)8-13(18)15(11)17/h2-5,8-9H,6-7H2,1H3. The Morgan fingerprint density at radius 3 is 3.00 bits per heavy atom. The number of nitrogens with zero attached hydrogens (tertiary/aromatic N) is 3. The van der Waals surface area contributed by atoms with E-state index >= 15 is 0 Å². The molecule has 0 atom stereocenters. The molecule has 3 aromatic rings. The van der Waals surface area contributed by atoms with Crippen molar-refractivity contribution in [3.63, 3.8) is 0 Å². The Hall–Kier alpha value is -2.36. The van der Waals surface area contributed by atoms with Crippen molar-refractivity contribution in [3.05, 3.63) is 52.6 Å². The molecular formula is C15H13N3O. The number of fused-ring (bicyclic) bond motifs is 5. The fraction of sp³-hybridized carbons (Fsp3) is 0.200. The molecule has 1 aromatic carbocycles. The summed E-state index contributed by atoms with van der Waals surface area (Å²) in [6.07, 6.45) is 2.63. The summed E-state index contributed by atoms with van der Waals surface area (Å²) >= 11 is 0. The van der Waals surface area contributed by atoms with E-state index in [0.717, 1.165) is 24.4 Å². The first-order chi connectivity index (χ1) is 9.25. The van der Waals surface area contributed by atoms with E-state index in [2.05, 4.69) is 39.4 Å². The zero-order chi connectivity index (χ0) is 13.0. The highest BCUT2D eigenvalue weighted by Crippen LogP contribution is 2.35. The molecule has 1 aliphatic heterocycles. The first-order valence-electron chi connectivity index (χ1n) is 6.39. The van der Waals surface area contributed by atoms with Gasteiger partial charge in [-0.1, -0.05) is 18.2 Å². The van der Waals surface area contributed by atoms with Crippen LogP contribution in [0.2, 0.25) is 0 Å². The highest BCUT2D eigenvalue weighted by molar-refractivity contribution is 5.91. The topological polar surface area (TPSA) is 39.8 Å². The average molecular weight is 251 g/mol. The molecule has 2 aromatic heterocycles. The van der Waals surface area contributed by atoms with Gasteiger partial charge in [0.25, 0.3) is 5.56 Å². The van der Waals surface area contributed by atoms with Gasteiger partial charge in [-0.3, -0.25) is 4.79 Å². The number of para-hydroxylation sites is 1. The summed E-state index contributed by atoms with van der Waals surface area (Å²) in [5.41, 5.74) is 4.49. The van der Waals surface area contributed by atoms with Crippen molar-refractivity contribution < 1.29 is 0 Å². The molecule has 0 aliphatic carbocycles. The van der Waals surface area contributed by atoms with Crippen molar-refractivity contribution in [3.8, 4) is 11.4 Å². The summed E-state index contributed by atoms with van der Waals surface area (Å²) in [7, 11) is 2.06. The van der Waals surface area contributed by atoms with Gasteiger partial charge in [0.2, 0.25) is 0 Å². The normalized spacial score (nSPS) is 13.3. The highest BCUT2D eigenvalue weighted by atomic mass is 16.1. The van der Waals surface area contributed by atoms with Crippen LogP contribution in [0.3, 0.4) is 0 Å². The predicted molar refractivity (Wildman–Crippen MR) is 74.1 cm³/mol. The monoisotopic (exact) mass is 251 g/mol. The third-order valence-electron chi connectivity index (χ3n) is 3.95. The molecule has 0 bridgehead atoms. The largest absolute Gasteiger partial charge is 0.342 e. The van der Waals surface area contributed by atoms with Crippen LogP contribution >= 0.6 is 0 Å². The van der Waals surface area contributed by atoms with Crippen molar-refractivity contribution in [1.82, 2.24) is 14.1 Å². The van der Waals surface area contributed by atoms with Crippen LogP contribution in [0, 0.1) is 0 Å². The molecule has 4 nitrogen and oxygen atoms in total. The van der Waals surface area contributed by atoms with Gasteiger partial charge in [0, 0.05) is 30.6 Å². The summed E-state index contributed by atoms with van der Waals surface area (Å²) < 4.78 is 4.23. The summed E-state index contributed by atoms with van der Waals surface area (Å²) in [5, 5.41) is 1.29. The van der Waals surface area contributed by atoms with Crippen LogP contribution in [-0.4, -0.2) is 14.1 Å². The van der Waals surface area contributed by atoms with Crippen molar-refractivity contribution in [2.45, 2.75) is 13.0 Å². The lowest BCUT2D eigenvalue weighted by Crippen LogP contribution is -2.18. The number of hydrogen-bond acceptors (Lipinski definition) is 2. The number of aryl methyl sites for hydroxylation is 3. The van der Waals surface area contributed by atoms with E-state index in [1.165, 1.54) is 16.5 Å². The zero-order valence-electron chi connectivity index (χ0n) is 10.6. The molecule has 4 rings (SSSR count). The summed E-state index contributed by atoms with van der Waals surface area (Å²) in [4.78, 5) is 15.4. The van der Waals surface area contributed by atoms with Gasteiger partial charge in [-0.15, -0.1) is 0 Å². The highest BCUT2D eigenvalue weighted by Gasteiger charge is 2.22. The van der Waals surface area contributed by atoms with Crippen molar-refractivity contribution in [1.29, 1.82) is 0 Å². The average Bonchev–Trinajstić information content (AvgIpc) is 2.73. The Bertz CT molecular complexity index is 857. The van der Waals surface area contributed by atoms with E-state index in [-0.39, 0.29) is 5.56 Å². The van der Waals surface area contributed by atoms with E-state index in [1.807, 2.05) is 6.07 Å².